The van der Waals surface area contributed by atoms with Crippen molar-refractivity contribution in [1.29, 1.82) is 0 Å². The first-order valence-electron chi connectivity index (χ1n) is 8.45. The van der Waals surface area contributed by atoms with E-state index in [0.717, 1.165) is 6.42 Å². The Balaban J connectivity index is 0.000000552. The second-order valence-electron chi connectivity index (χ2n) is 5.59. The average molecular weight is 366 g/mol. The molecule has 0 atom stereocenters. The van der Waals surface area contributed by atoms with Crippen molar-refractivity contribution in [2.45, 2.75) is 34.5 Å². The van der Waals surface area contributed by atoms with Gasteiger partial charge in [-0.15, -0.1) is 0 Å². The van der Waals surface area contributed by atoms with E-state index >= 15 is 0 Å². The van der Waals surface area contributed by atoms with Crippen LogP contribution in [0.4, 0.5) is 4.79 Å². The first-order valence-corrected chi connectivity index (χ1v) is 9.67. The van der Waals surface area contributed by atoms with Gasteiger partial charge in [-0.2, -0.15) is 0 Å². The summed E-state index contributed by atoms with van der Waals surface area (Å²) in [6.45, 7) is 2.23. The molecule has 0 amide bonds. The van der Waals surface area contributed by atoms with Gasteiger partial charge in [0.05, 0.1) is 10.9 Å². The van der Waals surface area contributed by atoms with Crippen molar-refractivity contribution >= 4 is 17.1 Å². The second-order valence-corrected chi connectivity index (χ2v) is 7.62. The average Bonchev–Trinajstić information content (AvgIpc) is 2.65. The van der Waals surface area contributed by atoms with Crippen LogP contribution in [0.1, 0.15) is 18.9 Å². The number of hydrogen-bond acceptors (Lipinski definition) is 2. The van der Waals surface area contributed by atoms with E-state index in [1.165, 1.54) is 26.7 Å². The van der Waals surface area contributed by atoms with Crippen molar-refractivity contribution in [1.82, 2.24) is 0 Å². The highest BCUT2D eigenvalue weighted by molar-refractivity contribution is 7.97. The molecule has 0 aromatic heterocycles. The zero-order valence-corrected chi connectivity index (χ0v) is 15.5. The third-order valence-corrected chi connectivity index (χ3v) is 5.89. The van der Waals surface area contributed by atoms with Gasteiger partial charge in [0.2, 0.25) is 6.16 Å². The molecule has 0 radical (unpaired) electrons. The molecule has 0 aliphatic rings. The first-order chi connectivity index (χ1) is 12.6. The monoisotopic (exact) mass is 366 g/mol. The molecule has 0 saturated heterocycles. The van der Waals surface area contributed by atoms with Crippen LogP contribution in [0, 0.1) is 0 Å². The maximum atomic E-state index is 8.44. The minimum Gasteiger partial charge on any atom is -0.565 e. The Morgan fingerprint density at radius 1 is 0.808 bits per heavy atom. The minimum atomic E-state index is -2.08. The van der Waals surface area contributed by atoms with Gasteiger partial charge >= 0.3 is 0 Å². The normalized spacial score (nSPS) is 10.1. The highest BCUT2D eigenvalue weighted by Crippen LogP contribution is 2.31. The van der Waals surface area contributed by atoms with E-state index in [1.807, 2.05) is 0 Å². The standard InChI is InChI=1S/C21H21S.CH2O3/c1-2-9-18-14-16-21(17-15-18)22(19-10-5-3-6-11-19)20-12-7-4-8-13-20;2-1(3)4/h3-8,10-17H,2,9H2,1H3;(H2,2,3,4)/q+1;/p-1. The summed E-state index contributed by atoms with van der Waals surface area (Å²) >= 11 is 0. The van der Waals surface area contributed by atoms with Gasteiger partial charge in [-0.1, -0.05) is 61.9 Å². The van der Waals surface area contributed by atoms with Crippen LogP contribution in [-0.4, -0.2) is 11.3 Å². The summed E-state index contributed by atoms with van der Waals surface area (Å²) in [4.78, 5) is 12.6. The van der Waals surface area contributed by atoms with Crippen molar-refractivity contribution in [3.05, 3.63) is 90.5 Å². The topological polar surface area (TPSA) is 60.4 Å². The molecule has 3 aromatic carbocycles. The van der Waals surface area contributed by atoms with E-state index in [2.05, 4.69) is 91.9 Å². The highest BCUT2D eigenvalue weighted by Gasteiger charge is 2.27. The fraction of sp³-hybridized carbons (Fsp3) is 0.136. The zero-order valence-electron chi connectivity index (χ0n) is 14.7. The van der Waals surface area contributed by atoms with Gasteiger partial charge in [0.15, 0.2) is 14.7 Å². The molecule has 26 heavy (non-hydrogen) atoms. The van der Waals surface area contributed by atoms with Crippen molar-refractivity contribution < 1.29 is 15.0 Å². The Bertz CT molecular complexity index is 743. The Morgan fingerprint density at radius 2 is 1.19 bits per heavy atom. The molecular weight excluding hydrogens is 344 g/mol. The third kappa shape index (κ3) is 5.97. The van der Waals surface area contributed by atoms with Crippen LogP contribution >= 0.6 is 0 Å². The summed E-state index contributed by atoms with van der Waals surface area (Å²) in [5.41, 5.74) is 1.43. The van der Waals surface area contributed by atoms with Crippen LogP contribution in [0.2, 0.25) is 0 Å². The largest absolute Gasteiger partial charge is 0.565 e. The fourth-order valence-electron chi connectivity index (χ4n) is 2.60. The molecule has 0 spiro atoms. The predicted octanol–water partition coefficient (Wildman–Crippen LogP) is 4.62. The van der Waals surface area contributed by atoms with E-state index in [1.54, 1.807) is 0 Å². The first kappa shape index (κ1) is 19.6. The molecule has 134 valence electrons. The van der Waals surface area contributed by atoms with Crippen molar-refractivity contribution in [3.8, 4) is 0 Å². The molecular formula is C22H22O3S. The molecule has 0 saturated carbocycles. The molecule has 3 aromatic rings. The minimum absolute atomic E-state index is 0.0268. The lowest BCUT2D eigenvalue weighted by Gasteiger charge is -2.08. The van der Waals surface area contributed by atoms with Crippen LogP contribution < -0.4 is 5.11 Å². The fourth-order valence-corrected chi connectivity index (χ4v) is 4.69. The Hall–Kier alpha value is -2.72. The highest BCUT2D eigenvalue weighted by atomic mass is 32.2. The Morgan fingerprint density at radius 3 is 1.58 bits per heavy atom. The number of carboxylic acid groups (broad SMARTS) is 2. The van der Waals surface area contributed by atoms with E-state index in [9.17, 15) is 0 Å². The van der Waals surface area contributed by atoms with Gasteiger partial charge in [-0.3, -0.25) is 0 Å². The molecule has 4 heteroatoms. The zero-order chi connectivity index (χ0) is 18.8. The molecule has 1 N–H and O–H groups in total. The maximum Gasteiger partial charge on any atom is 0.249 e. The Labute approximate surface area is 157 Å². The SMILES string of the molecule is CCCc1ccc([S+](c2ccccc2)c2ccccc2)cc1.O=C([O-])O. The summed E-state index contributed by atoms with van der Waals surface area (Å²) in [7, 11) is -0.0268. The van der Waals surface area contributed by atoms with Gasteiger partial charge in [-0.05, 0) is 48.4 Å². The van der Waals surface area contributed by atoms with Crippen LogP contribution in [0.25, 0.3) is 0 Å². The molecule has 0 aliphatic heterocycles. The van der Waals surface area contributed by atoms with Gasteiger partial charge in [0.1, 0.15) is 0 Å². The number of benzene rings is 3. The van der Waals surface area contributed by atoms with Gasteiger partial charge in [0.25, 0.3) is 0 Å². The second kappa shape index (κ2) is 10.3. The van der Waals surface area contributed by atoms with Crippen LogP contribution in [0.3, 0.4) is 0 Å². The summed E-state index contributed by atoms with van der Waals surface area (Å²) in [5, 5.41) is 15.3. The molecule has 0 unspecified atom stereocenters. The van der Waals surface area contributed by atoms with E-state index in [0.29, 0.717) is 0 Å². The number of hydrogen-bond donors (Lipinski definition) is 1. The summed E-state index contributed by atoms with van der Waals surface area (Å²) in [6, 6.07) is 30.8. The third-order valence-electron chi connectivity index (χ3n) is 3.66. The lowest BCUT2D eigenvalue weighted by molar-refractivity contribution is -0.275. The van der Waals surface area contributed by atoms with Crippen LogP contribution in [0.5, 0.6) is 0 Å². The lowest BCUT2D eigenvalue weighted by Crippen LogP contribution is -2.17. The van der Waals surface area contributed by atoms with Crippen LogP contribution in [0.15, 0.2) is 99.6 Å². The summed E-state index contributed by atoms with van der Waals surface area (Å²) in [5.74, 6) is 0. The lowest BCUT2D eigenvalue weighted by atomic mass is 10.1. The van der Waals surface area contributed by atoms with Gasteiger partial charge in [0, 0.05) is 0 Å². The number of rotatable bonds is 5. The molecule has 3 rings (SSSR count). The van der Waals surface area contributed by atoms with E-state index in [-0.39, 0.29) is 10.9 Å². The Kier molecular flexibility index (Phi) is 7.77. The van der Waals surface area contributed by atoms with E-state index < -0.39 is 6.16 Å². The van der Waals surface area contributed by atoms with Gasteiger partial charge in [-0.25, -0.2) is 0 Å². The number of aryl methyl sites for hydroxylation is 1. The quantitative estimate of drug-likeness (QED) is 0.670. The van der Waals surface area contributed by atoms with E-state index in [4.69, 9.17) is 15.0 Å². The maximum absolute atomic E-state index is 8.44. The van der Waals surface area contributed by atoms with Gasteiger partial charge < -0.3 is 15.0 Å². The molecule has 0 fully saturated rings. The molecule has 0 bridgehead atoms. The molecule has 3 nitrogen and oxygen atoms in total. The summed E-state index contributed by atoms with van der Waals surface area (Å²) in [6.07, 6.45) is 0.271. The predicted molar refractivity (Wildman–Crippen MR) is 104 cm³/mol. The number of carbonyl (C=O) groups is 1. The van der Waals surface area contributed by atoms with Crippen molar-refractivity contribution in [2.75, 3.05) is 0 Å². The molecule has 0 aliphatic carbocycles. The summed E-state index contributed by atoms with van der Waals surface area (Å²) < 4.78 is 0. The van der Waals surface area contributed by atoms with Crippen LogP contribution in [-0.2, 0) is 17.3 Å². The molecule has 0 heterocycles. The van der Waals surface area contributed by atoms with Crippen molar-refractivity contribution in [2.24, 2.45) is 0 Å². The van der Waals surface area contributed by atoms with Crippen molar-refractivity contribution in [3.63, 3.8) is 0 Å². The smallest absolute Gasteiger partial charge is 0.249 e.